The summed E-state index contributed by atoms with van der Waals surface area (Å²) in [5.41, 5.74) is 4.68. The van der Waals surface area contributed by atoms with Crippen molar-refractivity contribution in [2.75, 3.05) is 4.90 Å². The van der Waals surface area contributed by atoms with Crippen molar-refractivity contribution in [2.24, 2.45) is 0 Å². The second-order valence-electron chi connectivity index (χ2n) is 6.67. The Hall–Kier alpha value is -2.60. The lowest BCUT2D eigenvalue weighted by molar-refractivity contribution is -0.108. The highest BCUT2D eigenvalue weighted by molar-refractivity contribution is 5.66. The standard InChI is InChI=1S/C21H22N2O/c1-15(2)17-9-7-16(8-10-17)14-23-20-6-4-3-5-18(20)19(11-12-24)21(23)13-22/h3-10,12,15,19,21H,11,14H2,1-2H3. The van der Waals surface area contributed by atoms with Gasteiger partial charge < -0.3 is 9.69 Å². The topological polar surface area (TPSA) is 44.1 Å². The third-order valence-electron chi connectivity index (χ3n) is 4.84. The number of nitrogens with zero attached hydrogens (tertiary/aromatic N) is 2. The summed E-state index contributed by atoms with van der Waals surface area (Å²) in [5.74, 6) is 0.467. The molecule has 1 aliphatic rings. The van der Waals surface area contributed by atoms with Gasteiger partial charge in [0.05, 0.1) is 6.07 Å². The SMILES string of the molecule is CC(C)c1ccc(CN2c3ccccc3C(CC=O)C2C#N)cc1. The number of carbonyl (C=O) groups excluding carboxylic acids is 1. The molecule has 3 nitrogen and oxygen atoms in total. The first-order chi connectivity index (χ1) is 11.7. The van der Waals surface area contributed by atoms with Gasteiger partial charge >= 0.3 is 0 Å². The molecule has 0 saturated heterocycles. The number of rotatable bonds is 5. The van der Waals surface area contributed by atoms with Crippen LogP contribution in [0.1, 0.15) is 48.8 Å². The lowest BCUT2D eigenvalue weighted by Crippen LogP contribution is -2.32. The first-order valence-corrected chi connectivity index (χ1v) is 8.43. The van der Waals surface area contributed by atoms with E-state index in [1.54, 1.807) is 0 Å². The molecule has 1 heterocycles. The fraction of sp³-hybridized carbons (Fsp3) is 0.333. The van der Waals surface area contributed by atoms with E-state index in [1.165, 1.54) is 11.1 Å². The van der Waals surface area contributed by atoms with Crippen molar-refractivity contribution < 1.29 is 4.79 Å². The summed E-state index contributed by atoms with van der Waals surface area (Å²) in [6.07, 6.45) is 1.31. The molecule has 0 amide bonds. The van der Waals surface area contributed by atoms with Crippen LogP contribution >= 0.6 is 0 Å². The van der Waals surface area contributed by atoms with E-state index in [4.69, 9.17) is 0 Å². The first-order valence-electron chi connectivity index (χ1n) is 8.43. The molecule has 24 heavy (non-hydrogen) atoms. The molecule has 3 rings (SSSR count). The largest absolute Gasteiger partial charge is 0.351 e. The van der Waals surface area contributed by atoms with Crippen LogP contribution in [0.25, 0.3) is 0 Å². The molecular weight excluding hydrogens is 296 g/mol. The Morgan fingerprint density at radius 1 is 1.17 bits per heavy atom. The molecule has 3 heteroatoms. The van der Waals surface area contributed by atoms with Crippen LogP contribution in [-0.2, 0) is 11.3 Å². The monoisotopic (exact) mass is 318 g/mol. The number of carbonyl (C=O) groups is 1. The number of hydrogen-bond acceptors (Lipinski definition) is 3. The van der Waals surface area contributed by atoms with Crippen LogP contribution in [0, 0.1) is 11.3 Å². The number of hydrogen-bond donors (Lipinski definition) is 0. The number of anilines is 1. The zero-order chi connectivity index (χ0) is 17.1. The number of para-hydroxylation sites is 1. The second kappa shape index (κ2) is 6.88. The maximum Gasteiger partial charge on any atom is 0.124 e. The Bertz CT molecular complexity index is 758. The van der Waals surface area contributed by atoms with Gasteiger partial charge in [-0.15, -0.1) is 0 Å². The molecule has 2 aromatic carbocycles. The van der Waals surface area contributed by atoms with Crippen molar-refractivity contribution in [2.45, 2.75) is 44.7 Å². The summed E-state index contributed by atoms with van der Waals surface area (Å²) in [6, 6.07) is 18.8. The van der Waals surface area contributed by atoms with Gasteiger partial charge in [-0.25, -0.2) is 0 Å². The highest BCUT2D eigenvalue weighted by atomic mass is 16.1. The molecule has 0 saturated carbocycles. The van der Waals surface area contributed by atoms with Gasteiger partial charge in [-0.1, -0.05) is 56.3 Å². The van der Waals surface area contributed by atoms with E-state index in [0.29, 0.717) is 18.9 Å². The maximum absolute atomic E-state index is 11.1. The van der Waals surface area contributed by atoms with Gasteiger partial charge in [0.25, 0.3) is 0 Å². The van der Waals surface area contributed by atoms with E-state index >= 15 is 0 Å². The summed E-state index contributed by atoms with van der Waals surface area (Å²) in [4.78, 5) is 13.2. The minimum Gasteiger partial charge on any atom is -0.351 e. The van der Waals surface area contributed by atoms with Crippen molar-refractivity contribution in [1.82, 2.24) is 0 Å². The third-order valence-corrected chi connectivity index (χ3v) is 4.84. The van der Waals surface area contributed by atoms with Crippen molar-refractivity contribution in [3.8, 4) is 6.07 Å². The number of fused-ring (bicyclic) bond motifs is 1. The quantitative estimate of drug-likeness (QED) is 0.768. The molecule has 0 bridgehead atoms. The predicted octanol–water partition coefficient (Wildman–Crippen LogP) is 4.39. The van der Waals surface area contributed by atoms with Crippen molar-refractivity contribution >= 4 is 12.0 Å². The molecule has 0 N–H and O–H groups in total. The minimum atomic E-state index is -0.294. The molecule has 122 valence electrons. The maximum atomic E-state index is 11.1. The van der Waals surface area contributed by atoms with E-state index < -0.39 is 0 Å². The van der Waals surface area contributed by atoms with E-state index in [-0.39, 0.29) is 12.0 Å². The van der Waals surface area contributed by atoms with E-state index in [9.17, 15) is 10.1 Å². The van der Waals surface area contributed by atoms with E-state index in [1.807, 2.05) is 24.3 Å². The number of benzene rings is 2. The zero-order valence-electron chi connectivity index (χ0n) is 14.1. The summed E-state index contributed by atoms with van der Waals surface area (Å²) in [5, 5.41) is 9.69. The van der Waals surface area contributed by atoms with Crippen molar-refractivity contribution in [1.29, 1.82) is 5.26 Å². The van der Waals surface area contributed by atoms with Crippen LogP contribution in [0.3, 0.4) is 0 Å². The molecular formula is C21H22N2O. The van der Waals surface area contributed by atoms with Crippen molar-refractivity contribution in [3.05, 3.63) is 65.2 Å². The molecule has 0 aliphatic carbocycles. The van der Waals surface area contributed by atoms with Gasteiger partial charge in [0.15, 0.2) is 0 Å². The van der Waals surface area contributed by atoms with Gasteiger partial charge in [0, 0.05) is 24.6 Å². The summed E-state index contributed by atoms with van der Waals surface area (Å²) < 4.78 is 0. The molecule has 2 unspecified atom stereocenters. The Labute approximate surface area is 143 Å². The van der Waals surface area contributed by atoms with Gasteiger partial charge in [0.1, 0.15) is 12.3 Å². The predicted molar refractivity (Wildman–Crippen MR) is 96.0 cm³/mol. The fourth-order valence-corrected chi connectivity index (χ4v) is 3.51. The van der Waals surface area contributed by atoms with Gasteiger partial charge in [-0.3, -0.25) is 0 Å². The molecule has 0 spiro atoms. The molecule has 0 aromatic heterocycles. The number of nitriles is 1. The average Bonchev–Trinajstić information content (AvgIpc) is 2.89. The first kappa shape index (κ1) is 16.3. The van der Waals surface area contributed by atoms with Gasteiger partial charge in [-0.05, 0) is 28.7 Å². The highest BCUT2D eigenvalue weighted by Gasteiger charge is 2.37. The Balaban J connectivity index is 1.91. The summed E-state index contributed by atoms with van der Waals surface area (Å²) >= 11 is 0. The molecule has 2 atom stereocenters. The van der Waals surface area contributed by atoms with Gasteiger partial charge in [-0.2, -0.15) is 5.26 Å². The summed E-state index contributed by atoms with van der Waals surface area (Å²) in [7, 11) is 0. The van der Waals surface area contributed by atoms with E-state index in [0.717, 1.165) is 17.5 Å². The zero-order valence-corrected chi connectivity index (χ0v) is 14.1. The Morgan fingerprint density at radius 3 is 2.50 bits per heavy atom. The van der Waals surface area contributed by atoms with Crippen molar-refractivity contribution in [3.63, 3.8) is 0 Å². The minimum absolute atomic E-state index is 0.0429. The van der Waals surface area contributed by atoms with Crippen LogP contribution in [-0.4, -0.2) is 12.3 Å². The summed E-state index contributed by atoms with van der Waals surface area (Å²) in [6.45, 7) is 5.05. The highest BCUT2D eigenvalue weighted by Crippen LogP contribution is 2.42. The smallest absolute Gasteiger partial charge is 0.124 e. The van der Waals surface area contributed by atoms with Crippen LogP contribution < -0.4 is 4.90 Å². The number of aldehydes is 1. The molecule has 2 aromatic rings. The lowest BCUT2D eigenvalue weighted by Gasteiger charge is -2.25. The lowest BCUT2D eigenvalue weighted by atomic mass is 9.93. The Morgan fingerprint density at radius 2 is 1.88 bits per heavy atom. The van der Waals surface area contributed by atoms with Crippen LogP contribution in [0.15, 0.2) is 48.5 Å². The van der Waals surface area contributed by atoms with E-state index in [2.05, 4.69) is 49.1 Å². The Kier molecular flexibility index (Phi) is 4.66. The second-order valence-corrected chi connectivity index (χ2v) is 6.67. The molecule has 0 radical (unpaired) electrons. The third kappa shape index (κ3) is 2.92. The average molecular weight is 318 g/mol. The fourth-order valence-electron chi connectivity index (χ4n) is 3.51. The molecule has 1 aliphatic heterocycles. The molecule has 0 fully saturated rings. The van der Waals surface area contributed by atoms with Gasteiger partial charge in [0.2, 0.25) is 0 Å². The van der Waals surface area contributed by atoms with Crippen LogP contribution in [0.2, 0.25) is 0 Å². The normalized spacial score (nSPS) is 19.2. The van der Waals surface area contributed by atoms with Crippen LogP contribution in [0.4, 0.5) is 5.69 Å². The van der Waals surface area contributed by atoms with Crippen LogP contribution in [0.5, 0.6) is 0 Å².